The van der Waals surface area contributed by atoms with Gasteiger partial charge in [0, 0.05) is 11.4 Å². The van der Waals surface area contributed by atoms with E-state index in [2.05, 4.69) is 43.4 Å². The Labute approximate surface area is 97.1 Å². The lowest BCUT2D eigenvalue weighted by atomic mass is 10.1. The van der Waals surface area contributed by atoms with E-state index >= 15 is 0 Å². The first-order valence-corrected chi connectivity index (χ1v) is 6.69. The van der Waals surface area contributed by atoms with Crippen molar-refractivity contribution in [1.82, 2.24) is 10.3 Å². The highest BCUT2D eigenvalue weighted by molar-refractivity contribution is 7.09. The molecule has 0 bridgehead atoms. The van der Waals surface area contributed by atoms with E-state index in [1.54, 1.807) is 11.3 Å². The molecule has 0 amide bonds. The zero-order valence-corrected chi connectivity index (χ0v) is 11.0. The van der Waals surface area contributed by atoms with E-state index in [0.29, 0.717) is 6.04 Å². The first-order chi connectivity index (χ1) is 7.13. The lowest BCUT2D eigenvalue weighted by Gasteiger charge is -2.08. The van der Waals surface area contributed by atoms with Gasteiger partial charge in [-0.2, -0.15) is 0 Å². The van der Waals surface area contributed by atoms with Gasteiger partial charge in [0.25, 0.3) is 0 Å². The molecular formula is C12H22N2S. The van der Waals surface area contributed by atoms with E-state index in [-0.39, 0.29) is 0 Å². The van der Waals surface area contributed by atoms with Crippen molar-refractivity contribution in [2.24, 2.45) is 5.92 Å². The highest BCUT2D eigenvalue weighted by Gasteiger charge is 2.08. The summed E-state index contributed by atoms with van der Waals surface area (Å²) in [6, 6.07) is 0.388. The van der Waals surface area contributed by atoms with Gasteiger partial charge >= 0.3 is 0 Å². The van der Waals surface area contributed by atoms with Crippen LogP contribution in [-0.4, -0.2) is 11.5 Å². The Bertz CT molecular complexity index is 281. The van der Waals surface area contributed by atoms with Crippen LogP contribution in [0.5, 0.6) is 0 Å². The molecule has 1 unspecified atom stereocenters. The lowest BCUT2D eigenvalue weighted by molar-refractivity contribution is 0.572. The van der Waals surface area contributed by atoms with Crippen LogP contribution in [0.4, 0.5) is 0 Å². The number of aromatic nitrogens is 1. The first-order valence-electron chi connectivity index (χ1n) is 5.81. The highest BCUT2D eigenvalue weighted by Crippen LogP contribution is 2.18. The largest absolute Gasteiger partial charge is 0.309 e. The molecule has 0 fully saturated rings. The lowest BCUT2D eigenvalue weighted by Crippen LogP contribution is -2.17. The first kappa shape index (κ1) is 12.7. The Morgan fingerprint density at radius 1 is 1.40 bits per heavy atom. The summed E-state index contributed by atoms with van der Waals surface area (Å²) in [6.45, 7) is 9.82. The molecule has 0 aliphatic rings. The number of aryl methyl sites for hydroxylation is 1. The maximum Gasteiger partial charge on any atom is 0.0929 e. The fourth-order valence-electron chi connectivity index (χ4n) is 1.46. The summed E-state index contributed by atoms with van der Waals surface area (Å²) in [7, 11) is 0. The van der Waals surface area contributed by atoms with Crippen LogP contribution in [0, 0.1) is 5.92 Å². The number of nitrogens with one attached hydrogen (secondary N) is 1. The summed E-state index contributed by atoms with van der Waals surface area (Å²) >= 11 is 1.79. The third-order valence-corrected chi connectivity index (χ3v) is 3.39. The second-order valence-corrected chi connectivity index (χ2v) is 5.32. The van der Waals surface area contributed by atoms with E-state index in [0.717, 1.165) is 18.9 Å². The molecule has 2 nitrogen and oxygen atoms in total. The minimum Gasteiger partial charge on any atom is -0.309 e. The molecule has 1 heterocycles. The standard InChI is InChI=1S/C12H22N2S/c1-5-13-10(4)11-8-15-12(14-11)7-6-9(2)3/h8-10,13H,5-7H2,1-4H3. The molecule has 1 rings (SSSR count). The fourth-order valence-corrected chi connectivity index (χ4v) is 2.37. The minimum atomic E-state index is 0.388. The van der Waals surface area contributed by atoms with Crippen molar-refractivity contribution in [3.8, 4) is 0 Å². The summed E-state index contributed by atoms with van der Waals surface area (Å²) < 4.78 is 0. The summed E-state index contributed by atoms with van der Waals surface area (Å²) in [5.74, 6) is 0.767. The zero-order valence-electron chi connectivity index (χ0n) is 10.2. The fraction of sp³-hybridized carbons (Fsp3) is 0.750. The number of rotatable bonds is 6. The van der Waals surface area contributed by atoms with E-state index in [4.69, 9.17) is 0 Å². The van der Waals surface area contributed by atoms with Gasteiger partial charge in [0.1, 0.15) is 0 Å². The van der Waals surface area contributed by atoms with Crippen molar-refractivity contribution in [3.63, 3.8) is 0 Å². The Balaban J connectivity index is 2.48. The van der Waals surface area contributed by atoms with Gasteiger partial charge in [0.05, 0.1) is 10.7 Å². The monoisotopic (exact) mass is 226 g/mol. The van der Waals surface area contributed by atoms with Gasteiger partial charge in [0.15, 0.2) is 0 Å². The SMILES string of the molecule is CCNC(C)c1csc(CCC(C)C)n1. The molecular weight excluding hydrogens is 204 g/mol. The van der Waals surface area contributed by atoms with Crippen LogP contribution in [-0.2, 0) is 6.42 Å². The van der Waals surface area contributed by atoms with Crippen LogP contribution in [0.2, 0.25) is 0 Å². The second-order valence-electron chi connectivity index (χ2n) is 4.38. The Kier molecular flexibility index (Phi) is 5.26. The van der Waals surface area contributed by atoms with Crippen molar-refractivity contribution < 1.29 is 0 Å². The second kappa shape index (κ2) is 6.23. The topological polar surface area (TPSA) is 24.9 Å². The summed E-state index contributed by atoms with van der Waals surface area (Å²) in [5, 5.41) is 6.85. The van der Waals surface area contributed by atoms with Gasteiger partial charge in [-0.3, -0.25) is 0 Å². The molecule has 86 valence electrons. The van der Waals surface area contributed by atoms with Crippen molar-refractivity contribution in [2.45, 2.75) is 46.6 Å². The third kappa shape index (κ3) is 4.31. The molecule has 0 aromatic carbocycles. The summed E-state index contributed by atoms with van der Waals surface area (Å²) in [4.78, 5) is 4.66. The van der Waals surface area contributed by atoms with Gasteiger partial charge in [-0.05, 0) is 32.2 Å². The van der Waals surface area contributed by atoms with Crippen LogP contribution in [0.3, 0.4) is 0 Å². The van der Waals surface area contributed by atoms with Crippen LogP contribution < -0.4 is 5.32 Å². The Hall–Kier alpha value is -0.410. The van der Waals surface area contributed by atoms with Gasteiger partial charge in [-0.25, -0.2) is 4.98 Å². The van der Waals surface area contributed by atoms with E-state index in [1.165, 1.54) is 17.1 Å². The van der Waals surface area contributed by atoms with Crippen molar-refractivity contribution in [3.05, 3.63) is 16.1 Å². The quantitative estimate of drug-likeness (QED) is 0.804. The van der Waals surface area contributed by atoms with Gasteiger partial charge in [-0.15, -0.1) is 11.3 Å². The Morgan fingerprint density at radius 3 is 2.73 bits per heavy atom. The maximum absolute atomic E-state index is 4.66. The summed E-state index contributed by atoms with van der Waals surface area (Å²) in [6.07, 6.45) is 2.36. The molecule has 1 N–H and O–H groups in total. The van der Waals surface area contributed by atoms with Crippen molar-refractivity contribution in [2.75, 3.05) is 6.54 Å². The normalized spacial score (nSPS) is 13.4. The predicted molar refractivity (Wildman–Crippen MR) is 67.4 cm³/mol. The van der Waals surface area contributed by atoms with Gasteiger partial charge < -0.3 is 5.32 Å². The van der Waals surface area contributed by atoms with Crippen LogP contribution >= 0.6 is 11.3 Å². The smallest absolute Gasteiger partial charge is 0.0929 e. The molecule has 1 atom stereocenters. The molecule has 1 aromatic rings. The van der Waals surface area contributed by atoms with E-state index in [9.17, 15) is 0 Å². The molecule has 15 heavy (non-hydrogen) atoms. The highest BCUT2D eigenvalue weighted by atomic mass is 32.1. The van der Waals surface area contributed by atoms with Crippen LogP contribution in [0.25, 0.3) is 0 Å². The zero-order chi connectivity index (χ0) is 11.3. The number of nitrogens with zero attached hydrogens (tertiary/aromatic N) is 1. The van der Waals surface area contributed by atoms with Crippen LogP contribution in [0.15, 0.2) is 5.38 Å². The number of thiazole rings is 1. The van der Waals surface area contributed by atoms with Gasteiger partial charge in [0.2, 0.25) is 0 Å². The predicted octanol–water partition coefficient (Wildman–Crippen LogP) is 3.40. The molecule has 0 saturated carbocycles. The maximum atomic E-state index is 4.66. The molecule has 0 aliphatic heterocycles. The molecule has 0 radical (unpaired) electrons. The molecule has 0 aliphatic carbocycles. The Morgan fingerprint density at radius 2 is 2.13 bits per heavy atom. The molecule has 1 aromatic heterocycles. The van der Waals surface area contributed by atoms with Gasteiger partial charge in [-0.1, -0.05) is 20.8 Å². The third-order valence-electron chi connectivity index (χ3n) is 2.46. The summed E-state index contributed by atoms with van der Waals surface area (Å²) in [5.41, 5.74) is 1.20. The molecule has 3 heteroatoms. The average Bonchev–Trinajstić information content (AvgIpc) is 2.63. The minimum absolute atomic E-state index is 0.388. The van der Waals surface area contributed by atoms with Crippen LogP contribution in [0.1, 0.15) is 50.9 Å². The molecule has 0 saturated heterocycles. The number of hydrogen-bond acceptors (Lipinski definition) is 3. The molecule has 0 spiro atoms. The number of hydrogen-bond donors (Lipinski definition) is 1. The van der Waals surface area contributed by atoms with Crippen molar-refractivity contribution in [1.29, 1.82) is 0 Å². The van der Waals surface area contributed by atoms with E-state index in [1.807, 2.05) is 0 Å². The van der Waals surface area contributed by atoms with E-state index < -0.39 is 0 Å². The van der Waals surface area contributed by atoms with Crippen molar-refractivity contribution >= 4 is 11.3 Å². The average molecular weight is 226 g/mol.